The molecule has 0 atom stereocenters. The van der Waals surface area contributed by atoms with Crippen LogP contribution in [0.3, 0.4) is 0 Å². The van der Waals surface area contributed by atoms with E-state index in [0.29, 0.717) is 12.3 Å². The molecular weight excluding hydrogens is 288 g/mol. The molecule has 0 bridgehead atoms. The normalized spacial score (nSPS) is 10.0. The molecule has 0 fully saturated rings. The SMILES string of the molecule is CNC(=O)Nc1cccc(OCCc2ccc(Cl)cc2)c1. The highest BCUT2D eigenvalue weighted by Crippen LogP contribution is 2.18. The summed E-state index contributed by atoms with van der Waals surface area (Å²) < 4.78 is 5.69. The molecule has 0 radical (unpaired) electrons. The van der Waals surface area contributed by atoms with Gasteiger partial charge in [0, 0.05) is 30.2 Å². The van der Waals surface area contributed by atoms with Crippen LogP contribution in [0.25, 0.3) is 0 Å². The van der Waals surface area contributed by atoms with Gasteiger partial charge in [-0.25, -0.2) is 4.79 Å². The fourth-order valence-corrected chi connectivity index (χ4v) is 1.92. The van der Waals surface area contributed by atoms with Crippen LogP contribution >= 0.6 is 11.6 Å². The Morgan fingerprint density at radius 3 is 2.67 bits per heavy atom. The second-order valence-corrected chi connectivity index (χ2v) is 4.89. The third-order valence-corrected chi connectivity index (χ3v) is 3.14. The first-order valence-electron chi connectivity index (χ1n) is 6.63. The maximum atomic E-state index is 11.2. The van der Waals surface area contributed by atoms with E-state index in [1.807, 2.05) is 36.4 Å². The van der Waals surface area contributed by atoms with Gasteiger partial charge in [0.1, 0.15) is 5.75 Å². The molecule has 0 aliphatic rings. The third kappa shape index (κ3) is 5.00. The number of carbonyl (C=O) groups is 1. The van der Waals surface area contributed by atoms with E-state index < -0.39 is 0 Å². The summed E-state index contributed by atoms with van der Waals surface area (Å²) in [6, 6.07) is 14.7. The molecule has 2 N–H and O–H groups in total. The first-order valence-corrected chi connectivity index (χ1v) is 7.01. The number of hydrogen-bond acceptors (Lipinski definition) is 2. The summed E-state index contributed by atoms with van der Waals surface area (Å²) in [5.41, 5.74) is 1.86. The van der Waals surface area contributed by atoms with E-state index in [9.17, 15) is 4.79 Å². The van der Waals surface area contributed by atoms with E-state index in [-0.39, 0.29) is 6.03 Å². The van der Waals surface area contributed by atoms with Gasteiger partial charge in [-0.3, -0.25) is 0 Å². The summed E-state index contributed by atoms with van der Waals surface area (Å²) in [6.07, 6.45) is 0.796. The minimum absolute atomic E-state index is 0.256. The molecule has 0 saturated carbocycles. The van der Waals surface area contributed by atoms with Crippen molar-refractivity contribution in [3.8, 4) is 5.75 Å². The van der Waals surface area contributed by atoms with Gasteiger partial charge in [0.05, 0.1) is 6.61 Å². The zero-order valence-electron chi connectivity index (χ0n) is 11.7. The molecular formula is C16H17ClN2O2. The Kier molecular flexibility index (Phi) is 5.46. The number of halogens is 1. The quantitative estimate of drug-likeness (QED) is 0.884. The zero-order valence-corrected chi connectivity index (χ0v) is 12.5. The Bertz CT molecular complexity index is 599. The average Bonchev–Trinajstić information content (AvgIpc) is 2.49. The standard InChI is InChI=1S/C16H17ClN2O2/c1-18-16(20)19-14-3-2-4-15(11-14)21-10-9-12-5-7-13(17)8-6-12/h2-8,11H,9-10H2,1H3,(H2,18,19,20). The van der Waals surface area contributed by atoms with Gasteiger partial charge in [-0.1, -0.05) is 29.8 Å². The van der Waals surface area contributed by atoms with Crippen molar-refractivity contribution in [2.45, 2.75) is 6.42 Å². The number of hydrogen-bond donors (Lipinski definition) is 2. The molecule has 0 aliphatic carbocycles. The van der Waals surface area contributed by atoms with Crippen LogP contribution in [-0.4, -0.2) is 19.7 Å². The highest BCUT2D eigenvalue weighted by Gasteiger charge is 2.01. The molecule has 0 heterocycles. The molecule has 2 rings (SSSR count). The van der Waals surface area contributed by atoms with Gasteiger partial charge < -0.3 is 15.4 Å². The Hall–Kier alpha value is -2.20. The lowest BCUT2D eigenvalue weighted by atomic mass is 10.2. The predicted octanol–water partition coefficient (Wildman–Crippen LogP) is 3.71. The number of nitrogens with one attached hydrogen (secondary N) is 2. The van der Waals surface area contributed by atoms with Crippen molar-refractivity contribution in [2.75, 3.05) is 19.0 Å². The molecule has 0 aliphatic heterocycles. The highest BCUT2D eigenvalue weighted by atomic mass is 35.5. The predicted molar refractivity (Wildman–Crippen MR) is 85.2 cm³/mol. The Morgan fingerprint density at radius 1 is 1.19 bits per heavy atom. The first-order chi connectivity index (χ1) is 10.2. The van der Waals surface area contributed by atoms with E-state index in [0.717, 1.165) is 17.2 Å². The summed E-state index contributed by atoms with van der Waals surface area (Å²) in [5, 5.41) is 5.93. The van der Waals surface area contributed by atoms with E-state index in [2.05, 4.69) is 10.6 Å². The van der Waals surface area contributed by atoms with E-state index in [1.54, 1.807) is 19.2 Å². The van der Waals surface area contributed by atoms with E-state index in [4.69, 9.17) is 16.3 Å². The molecule has 0 unspecified atom stereocenters. The van der Waals surface area contributed by atoms with E-state index >= 15 is 0 Å². The van der Waals surface area contributed by atoms with Crippen LogP contribution in [0.4, 0.5) is 10.5 Å². The van der Waals surface area contributed by atoms with Crippen molar-refractivity contribution in [2.24, 2.45) is 0 Å². The molecule has 4 nitrogen and oxygen atoms in total. The van der Waals surface area contributed by atoms with Crippen LogP contribution in [0.2, 0.25) is 5.02 Å². The molecule has 110 valence electrons. The van der Waals surface area contributed by atoms with Crippen LogP contribution in [0, 0.1) is 0 Å². The van der Waals surface area contributed by atoms with Crippen molar-refractivity contribution in [3.05, 3.63) is 59.1 Å². The maximum Gasteiger partial charge on any atom is 0.318 e. The minimum Gasteiger partial charge on any atom is -0.493 e. The van der Waals surface area contributed by atoms with Crippen molar-refractivity contribution in [3.63, 3.8) is 0 Å². The Morgan fingerprint density at radius 2 is 1.95 bits per heavy atom. The summed E-state index contributed by atoms with van der Waals surface area (Å²) in [5.74, 6) is 0.720. The average molecular weight is 305 g/mol. The number of anilines is 1. The molecule has 5 heteroatoms. The fourth-order valence-electron chi connectivity index (χ4n) is 1.80. The van der Waals surface area contributed by atoms with Gasteiger partial charge in [0.15, 0.2) is 0 Å². The molecule has 0 spiro atoms. The van der Waals surface area contributed by atoms with Crippen molar-refractivity contribution >= 4 is 23.3 Å². The summed E-state index contributed by atoms with van der Waals surface area (Å²) in [6.45, 7) is 0.561. The van der Waals surface area contributed by atoms with Gasteiger partial charge in [0.2, 0.25) is 0 Å². The number of amides is 2. The lowest BCUT2D eigenvalue weighted by Crippen LogP contribution is -2.24. The molecule has 2 amide bonds. The van der Waals surface area contributed by atoms with Crippen molar-refractivity contribution in [1.82, 2.24) is 5.32 Å². The van der Waals surface area contributed by atoms with Crippen LogP contribution < -0.4 is 15.4 Å². The van der Waals surface area contributed by atoms with Gasteiger partial charge in [-0.2, -0.15) is 0 Å². The topological polar surface area (TPSA) is 50.4 Å². The van der Waals surface area contributed by atoms with Crippen LogP contribution in [0.5, 0.6) is 5.75 Å². The third-order valence-electron chi connectivity index (χ3n) is 2.89. The second kappa shape index (κ2) is 7.55. The second-order valence-electron chi connectivity index (χ2n) is 4.46. The maximum absolute atomic E-state index is 11.2. The summed E-state index contributed by atoms with van der Waals surface area (Å²) in [4.78, 5) is 11.2. The molecule has 0 saturated heterocycles. The minimum atomic E-state index is -0.256. The fraction of sp³-hybridized carbons (Fsp3) is 0.188. The Balaban J connectivity index is 1.86. The van der Waals surface area contributed by atoms with Gasteiger partial charge in [-0.05, 0) is 29.8 Å². The summed E-state index contributed by atoms with van der Waals surface area (Å²) >= 11 is 5.84. The zero-order chi connectivity index (χ0) is 15.1. The highest BCUT2D eigenvalue weighted by molar-refractivity contribution is 6.30. The lowest BCUT2D eigenvalue weighted by molar-refractivity contribution is 0.254. The van der Waals surface area contributed by atoms with Crippen molar-refractivity contribution < 1.29 is 9.53 Å². The van der Waals surface area contributed by atoms with Crippen LogP contribution in [0.1, 0.15) is 5.56 Å². The smallest absolute Gasteiger partial charge is 0.318 e. The molecule has 2 aromatic rings. The first kappa shape index (κ1) is 15.2. The van der Waals surface area contributed by atoms with Crippen LogP contribution in [0.15, 0.2) is 48.5 Å². The van der Waals surface area contributed by atoms with E-state index in [1.165, 1.54) is 5.56 Å². The monoisotopic (exact) mass is 304 g/mol. The molecule has 21 heavy (non-hydrogen) atoms. The molecule has 2 aromatic carbocycles. The number of benzene rings is 2. The largest absolute Gasteiger partial charge is 0.493 e. The van der Waals surface area contributed by atoms with Crippen LogP contribution in [-0.2, 0) is 6.42 Å². The number of rotatable bonds is 5. The summed E-state index contributed by atoms with van der Waals surface area (Å²) in [7, 11) is 1.57. The Labute approximate surface area is 129 Å². The number of carbonyl (C=O) groups excluding carboxylic acids is 1. The van der Waals surface area contributed by atoms with Gasteiger partial charge >= 0.3 is 6.03 Å². The number of ether oxygens (including phenoxy) is 1. The van der Waals surface area contributed by atoms with Gasteiger partial charge in [0.25, 0.3) is 0 Å². The number of urea groups is 1. The lowest BCUT2D eigenvalue weighted by Gasteiger charge is -2.09. The molecule has 0 aromatic heterocycles. The van der Waals surface area contributed by atoms with Crippen molar-refractivity contribution in [1.29, 1.82) is 0 Å². The van der Waals surface area contributed by atoms with Gasteiger partial charge in [-0.15, -0.1) is 0 Å².